The largest absolute Gasteiger partial charge is 0.0956 e. The summed E-state index contributed by atoms with van der Waals surface area (Å²) in [5.74, 6) is 0. The van der Waals surface area contributed by atoms with E-state index in [4.69, 9.17) is 0 Å². The molecule has 0 radical (unpaired) electrons. The van der Waals surface area contributed by atoms with Gasteiger partial charge in [-0.25, -0.2) is 0 Å². The van der Waals surface area contributed by atoms with E-state index in [9.17, 15) is 0 Å². The van der Waals surface area contributed by atoms with E-state index in [1.54, 1.807) is 0 Å². The van der Waals surface area contributed by atoms with Gasteiger partial charge in [-0.1, -0.05) is 86.7 Å². The van der Waals surface area contributed by atoms with Crippen LogP contribution in [0, 0.1) is 0 Å². The van der Waals surface area contributed by atoms with E-state index in [-0.39, 0.29) is 0 Å². The van der Waals surface area contributed by atoms with Crippen molar-refractivity contribution < 1.29 is 0 Å². The third-order valence-corrected chi connectivity index (χ3v) is 2.87. The van der Waals surface area contributed by atoms with Crippen molar-refractivity contribution in [3.05, 3.63) is 77.9 Å². The smallest absolute Gasteiger partial charge is 0.0257 e. The second kappa shape index (κ2) is 8.30. The maximum absolute atomic E-state index is 4.07. The SMILES string of the molecule is C=C(CC)C(=CC=CC=Cc1ccccc1)CC. The predicted molar refractivity (Wildman–Crippen MR) is 82.4 cm³/mol. The number of hydrogen-bond acceptors (Lipinski definition) is 0. The van der Waals surface area contributed by atoms with Crippen molar-refractivity contribution >= 4 is 6.08 Å². The van der Waals surface area contributed by atoms with Gasteiger partial charge >= 0.3 is 0 Å². The average molecular weight is 238 g/mol. The molecule has 0 heterocycles. The van der Waals surface area contributed by atoms with E-state index < -0.39 is 0 Å². The molecule has 0 saturated heterocycles. The molecule has 0 aliphatic carbocycles. The van der Waals surface area contributed by atoms with Gasteiger partial charge in [-0.2, -0.15) is 0 Å². The molecule has 0 heteroatoms. The van der Waals surface area contributed by atoms with Crippen LogP contribution in [0.3, 0.4) is 0 Å². The highest BCUT2D eigenvalue weighted by Crippen LogP contribution is 2.14. The first kappa shape index (κ1) is 14.2. The molecule has 0 nitrogen and oxygen atoms in total. The van der Waals surface area contributed by atoms with Crippen molar-refractivity contribution in [2.24, 2.45) is 0 Å². The third-order valence-electron chi connectivity index (χ3n) is 2.87. The van der Waals surface area contributed by atoms with E-state index in [1.165, 1.54) is 16.7 Å². The molecule has 0 N–H and O–H groups in total. The molecule has 0 atom stereocenters. The van der Waals surface area contributed by atoms with E-state index in [1.807, 2.05) is 18.2 Å². The minimum atomic E-state index is 1.02. The molecule has 1 rings (SSSR count). The first-order chi connectivity index (χ1) is 8.77. The molecule has 0 unspecified atom stereocenters. The molecule has 18 heavy (non-hydrogen) atoms. The van der Waals surface area contributed by atoms with Crippen LogP contribution in [0.1, 0.15) is 32.3 Å². The summed E-state index contributed by atoms with van der Waals surface area (Å²) in [5.41, 5.74) is 3.79. The molecule has 1 aromatic rings. The van der Waals surface area contributed by atoms with Crippen molar-refractivity contribution in [2.75, 3.05) is 0 Å². The molecule has 1 aromatic carbocycles. The topological polar surface area (TPSA) is 0 Å². The van der Waals surface area contributed by atoms with Gasteiger partial charge in [0.2, 0.25) is 0 Å². The summed E-state index contributed by atoms with van der Waals surface area (Å²) < 4.78 is 0. The van der Waals surface area contributed by atoms with Gasteiger partial charge in [0.1, 0.15) is 0 Å². The van der Waals surface area contributed by atoms with Crippen molar-refractivity contribution in [3.8, 4) is 0 Å². The van der Waals surface area contributed by atoms with E-state index in [0.717, 1.165) is 12.8 Å². The Morgan fingerprint density at radius 1 is 1.00 bits per heavy atom. The maximum Gasteiger partial charge on any atom is -0.0257 e. The Labute approximate surface area is 111 Å². The second-order valence-corrected chi connectivity index (χ2v) is 4.16. The van der Waals surface area contributed by atoms with Crippen LogP contribution in [0.4, 0.5) is 0 Å². The third kappa shape index (κ3) is 5.01. The van der Waals surface area contributed by atoms with Crippen LogP contribution in [0.2, 0.25) is 0 Å². The van der Waals surface area contributed by atoms with Gasteiger partial charge < -0.3 is 0 Å². The quantitative estimate of drug-likeness (QED) is 0.569. The van der Waals surface area contributed by atoms with Gasteiger partial charge in [-0.05, 0) is 24.0 Å². The lowest BCUT2D eigenvalue weighted by Crippen LogP contribution is -1.83. The Balaban J connectivity index is 2.57. The van der Waals surface area contributed by atoms with E-state index in [2.05, 4.69) is 62.9 Å². The summed E-state index contributed by atoms with van der Waals surface area (Å²) in [6.45, 7) is 8.38. The predicted octanol–water partition coefficient (Wildman–Crippen LogP) is 5.56. The molecular weight excluding hydrogens is 216 g/mol. The molecule has 0 aromatic heterocycles. The summed E-state index contributed by atoms with van der Waals surface area (Å²) in [7, 11) is 0. The van der Waals surface area contributed by atoms with Crippen LogP contribution < -0.4 is 0 Å². The van der Waals surface area contributed by atoms with Crippen molar-refractivity contribution in [2.45, 2.75) is 26.7 Å². The van der Waals surface area contributed by atoms with Crippen LogP contribution >= 0.6 is 0 Å². The second-order valence-electron chi connectivity index (χ2n) is 4.16. The maximum atomic E-state index is 4.07. The minimum absolute atomic E-state index is 1.02. The first-order valence-electron chi connectivity index (χ1n) is 6.55. The first-order valence-corrected chi connectivity index (χ1v) is 6.55. The Hall–Kier alpha value is -1.82. The molecule has 0 aliphatic heterocycles. The lowest BCUT2D eigenvalue weighted by molar-refractivity contribution is 1.03. The zero-order valence-corrected chi connectivity index (χ0v) is 11.4. The molecule has 0 spiro atoms. The van der Waals surface area contributed by atoms with Gasteiger partial charge in [0.25, 0.3) is 0 Å². The molecule has 0 aliphatic rings. The zero-order chi connectivity index (χ0) is 13.2. The fourth-order valence-electron chi connectivity index (χ4n) is 1.68. The van der Waals surface area contributed by atoms with Crippen molar-refractivity contribution in [1.82, 2.24) is 0 Å². The highest BCUT2D eigenvalue weighted by Gasteiger charge is 1.94. The van der Waals surface area contributed by atoms with Gasteiger partial charge in [0, 0.05) is 0 Å². The highest BCUT2D eigenvalue weighted by molar-refractivity contribution is 5.50. The fraction of sp³-hybridized carbons (Fsp3) is 0.222. The van der Waals surface area contributed by atoms with E-state index in [0.29, 0.717) is 0 Å². The summed E-state index contributed by atoms with van der Waals surface area (Å²) >= 11 is 0. The lowest BCUT2D eigenvalue weighted by Gasteiger charge is -2.03. The van der Waals surface area contributed by atoms with Crippen LogP contribution in [0.15, 0.2) is 72.4 Å². The highest BCUT2D eigenvalue weighted by atomic mass is 14.0. The van der Waals surface area contributed by atoms with E-state index >= 15 is 0 Å². The van der Waals surface area contributed by atoms with Crippen LogP contribution in [-0.4, -0.2) is 0 Å². The minimum Gasteiger partial charge on any atom is -0.0956 e. The Bertz CT molecular complexity index is 444. The number of hydrogen-bond donors (Lipinski definition) is 0. The number of rotatable bonds is 6. The monoisotopic (exact) mass is 238 g/mol. The molecule has 0 saturated carbocycles. The summed E-state index contributed by atoms with van der Waals surface area (Å²) in [6.07, 6.45) is 12.5. The molecule has 94 valence electrons. The van der Waals surface area contributed by atoms with Gasteiger partial charge in [0.05, 0.1) is 0 Å². The standard InChI is InChI=1S/C18H22/c1-4-16(3)18(5-2)15-11-7-10-14-17-12-8-6-9-13-17/h6-15H,3-5H2,1-2H3. The van der Waals surface area contributed by atoms with Crippen LogP contribution in [0.5, 0.6) is 0 Å². The lowest BCUT2D eigenvalue weighted by atomic mass is 10.0. The molecule has 0 fully saturated rings. The summed E-state index contributed by atoms with van der Waals surface area (Å²) in [4.78, 5) is 0. The Kier molecular flexibility index (Phi) is 6.56. The van der Waals surface area contributed by atoms with Gasteiger partial charge in [-0.3, -0.25) is 0 Å². The number of allylic oxidation sites excluding steroid dienone is 6. The molecular formula is C18H22. The summed E-state index contributed by atoms with van der Waals surface area (Å²) in [6, 6.07) is 10.3. The van der Waals surface area contributed by atoms with Gasteiger partial charge in [0.15, 0.2) is 0 Å². The van der Waals surface area contributed by atoms with Gasteiger partial charge in [-0.15, -0.1) is 0 Å². The van der Waals surface area contributed by atoms with Crippen LogP contribution in [0.25, 0.3) is 6.08 Å². The molecule has 0 bridgehead atoms. The van der Waals surface area contributed by atoms with Crippen LogP contribution in [-0.2, 0) is 0 Å². The van der Waals surface area contributed by atoms with Crippen molar-refractivity contribution in [1.29, 1.82) is 0 Å². The normalized spacial score (nSPS) is 12.4. The van der Waals surface area contributed by atoms with Crippen molar-refractivity contribution in [3.63, 3.8) is 0 Å². The molecule has 0 amide bonds. The zero-order valence-electron chi connectivity index (χ0n) is 11.4. The summed E-state index contributed by atoms with van der Waals surface area (Å²) in [5, 5.41) is 0. The fourth-order valence-corrected chi connectivity index (χ4v) is 1.68. The Morgan fingerprint density at radius 2 is 1.72 bits per heavy atom. The average Bonchev–Trinajstić information content (AvgIpc) is 2.43. The number of benzene rings is 1. The Morgan fingerprint density at radius 3 is 2.33 bits per heavy atom.